The minimum Gasteiger partial charge on any atom is -0.496 e. The number of H-pyrrole nitrogens is 1. The second-order valence-corrected chi connectivity index (χ2v) is 4.71. The quantitative estimate of drug-likeness (QED) is 0.881. The third kappa shape index (κ3) is 1.90. The number of hydrogen-bond donors (Lipinski definition) is 2. The maximum Gasteiger partial charge on any atom is 0.128 e. The zero-order valence-corrected chi connectivity index (χ0v) is 11.1. The first-order chi connectivity index (χ1) is 8.10. The van der Waals surface area contributed by atoms with Gasteiger partial charge in [0.15, 0.2) is 0 Å². The van der Waals surface area contributed by atoms with Gasteiger partial charge in [0.25, 0.3) is 0 Å². The van der Waals surface area contributed by atoms with Crippen LogP contribution in [0.4, 0.5) is 0 Å². The number of nitrogens with one attached hydrogen (secondary N) is 1. The number of aromatic nitrogens is 1. The highest BCUT2D eigenvalue weighted by Crippen LogP contribution is 2.38. The molecule has 0 fully saturated rings. The van der Waals surface area contributed by atoms with Crippen LogP contribution in [0, 0.1) is 6.92 Å². The number of fused-ring (bicyclic) bond motifs is 1. The number of aryl methyl sites for hydroxylation is 1. The molecule has 0 aliphatic carbocycles. The Morgan fingerprint density at radius 3 is 2.76 bits per heavy atom. The van der Waals surface area contributed by atoms with Crippen LogP contribution in [-0.2, 0) is 0 Å². The number of aromatic amines is 1. The average Bonchev–Trinajstić information content (AvgIpc) is 2.67. The van der Waals surface area contributed by atoms with E-state index < -0.39 is 0 Å². The Balaban J connectivity index is 2.82. The molecule has 4 heteroatoms. The summed E-state index contributed by atoms with van der Waals surface area (Å²) in [7, 11) is 1.67. The lowest BCUT2D eigenvalue weighted by Crippen LogP contribution is -2.09. The lowest BCUT2D eigenvalue weighted by Gasteiger charge is -2.11. The smallest absolute Gasteiger partial charge is 0.128 e. The van der Waals surface area contributed by atoms with Gasteiger partial charge in [-0.15, -0.1) is 0 Å². The van der Waals surface area contributed by atoms with E-state index in [-0.39, 0.29) is 5.92 Å². The van der Waals surface area contributed by atoms with Crippen LogP contribution in [0.25, 0.3) is 10.9 Å². The van der Waals surface area contributed by atoms with E-state index in [2.05, 4.69) is 11.9 Å². The van der Waals surface area contributed by atoms with E-state index in [1.165, 1.54) is 5.56 Å². The topological polar surface area (TPSA) is 51.0 Å². The van der Waals surface area contributed by atoms with Gasteiger partial charge in [-0.3, -0.25) is 0 Å². The van der Waals surface area contributed by atoms with Gasteiger partial charge in [-0.05, 0) is 37.1 Å². The van der Waals surface area contributed by atoms with E-state index in [4.69, 9.17) is 22.1 Å². The first kappa shape index (κ1) is 12.3. The van der Waals surface area contributed by atoms with E-state index in [0.717, 1.165) is 22.3 Å². The van der Waals surface area contributed by atoms with Gasteiger partial charge in [-0.1, -0.05) is 18.5 Å². The molecule has 0 aliphatic rings. The van der Waals surface area contributed by atoms with Crippen LogP contribution >= 0.6 is 11.6 Å². The van der Waals surface area contributed by atoms with Crippen molar-refractivity contribution in [1.29, 1.82) is 0 Å². The molecule has 0 radical (unpaired) electrons. The van der Waals surface area contributed by atoms with Crippen molar-refractivity contribution in [3.8, 4) is 5.75 Å². The molecule has 2 rings (SSSR count). The summed E-state index contributed by atoms with van der Waals surface area (Å²) in [6.45, 7) is 4.75. The predicted molar refractivity (Wildman–Crippen MR) is 72.1 cm³/mol. The van der Waals surface area contributed by atoms with Crippen molar-refractivity contribution in [2.45, 2.75) is 19.8 Å². The molecule has 0 saturated heterocycles. The van der Waals surface area contributed by atoms with E-state index in [1.807, 2.05) is 19.1 Å². The molecule has 0 bridgehead atoms. The van der Waals surface area contributed by atoms with Crippen molar-refractivity contribution in [2.75, 3.05) is 13.7 Å². The monoisotopic (exact) mass is 252 g/mol. The summed E-state index contributed by atoms with van der Waals surface area (Å²) in [4.78, 5) is 3.32. The van der Waals surface area contributed by atoms with Crippen molar-refractivity contribution in [1.82, 2.24) is 4.98 Å². The molecule has 1 aromatic carbocycles. The lowest BCUT2D eigenvalue weighted by molar-refractivity contribution is 0.419. The van der Waals surface area contributed by atoms with Gasteiger partial charge in [-0.2, -0.15) is 0 Å². The van der Waals surface area contributed by atoms with Gasteiger partial charge in [-0.25, -0.2) is 0 Å². The van der Waals surface area contributed by atoms with E-state index in [0.29, 0.717) is 11.6 Å². The fourth-order valence-electron chi connectivity index (χ4n) is 2.29. The number of hydrogen-bond acceptors (Lipinski definition) is 2. The summed E-state index contributed by atoms with van der Waals surface area (Å²) < 4.78 is 5.41. The minimum atomic E-state index is 0.274. The van der Waals surface area contributed by atoms with E-state index in [9.17, 15) is 0 Å². The summed E-state index contributed by atoms with van der Waals surface area (Å²) in [5.74, 6) is 1.11. The first-order valence-corrected chi connectivity index (χ1v) is 6.02. The Morgan fingerprint density at radius 2 is 2.18 bits per heavy atom. The Morgan fingerprint density at radius 1 is 1.47 bits per heavy atom. The van der Waals surface area contributed by atoms with Crippen molar-refractivity contribution in [3.05, 3.63) is 28.4 Å². The second kappa shape index (κ2) is 4.59. The van der Waals surface area contributed by atoms with E-state index >= 15 is 0 Å². The molecule has 1 unspecified atom stereocenters. The zero-order chi connectivity index (χ0) is 12.6. The summed E-state index contributed by atoms with van der Waals surface area (Å²) in [5, 5.41) is 1.76. The molecule has 3 N–H and O–H groups in total. The van der Waals surface area contributed by atoms with Crippen molar-refractivity contribution in [2.24, 2.45) is 5.73 Å². The molecule has 3 nitrogen and oxygen atoms in total. The highest BCUT2D eigenvalue weighted by molar-refractivity contribution is 6.35. The van der Waals surface area contributed by atoms with Crippen molar-refractivity contribution < 1.29 is 4.74 Å². The largest absolute Gasteiger partial charge is 0.496 e. The van der Waals surface area contributed by atoms with E-state index in [1.54, 1.807) is 7.11 Å². The molecular formula is C13H17ClN2O. The minimum absolute atomic E-state index is 0.274. The standard InChI is InChI=1S/C13H17ClN2O/c1-7(6-15)11-8(2)16-13-9(14)4-5-10(17-3)12(11)13/h4-5,7,16H,6,15H2,1-3H3. The number of ether oxygens (including phenoxy) is 1. The number of rotatable bonds is 3. The summed E-state index contributed by atoms with van der Waals surface area (Å²) in [6, 6.07) is 3.74. The number of nitrogens with two attached hydrogens (primary N) is 1. The van der Waals surface area contributed by atoms with Crippen LogP contribution in [0.1, 0.15) is 24.1 Å². The Labute approximate surface area is 106 Å². The molecular weight excluding hydrogens is 236 g/mol. The second-order valence-electron chi connectivity index (χ2n) is 4.30. The fourth-order valence-corrected chi connectivity index (χ4v) is 2.50. The van der Waals surface area contributed by atoms with Gasteiger partial charge >= 0.3 is 0 Å². The number of methoxy groups -OCH3 is 1. The van der Waals surface area contributed by atoms with Gasteiger partial charge in [0.1, 0.15) is 5.75 Å². The van der Waals surface area contributed by atoms with Crippen molar-refractivity contribution in [3.63, 3.8) is 0 Å². The van der Waals surface area contributed by atoms with Gasteiger partial charge < -0.3 is 15.5 Å². The molecule has 1 atom stereocenters. The summed E-state index contributed by atoms with van der Waals surface area (Å²) >= 11 is 6.20. The maximum atomic E-state index is 6.20. The van der Waals surface area contributed by atoms with Crippen molar-refractivity contribution >= 4 is 22.5 Å². The van der Waals surface area contributed by atoms with Crippen LogP contribution in [-0.4, -0.2) is 18.6 Å². The van der Waals surface area contributed by atoms with Gasteiger partial charge in [0, 0.05) is 11.1 Å². The van der Waals surface area contributed by atoms with Crippen LogP contribution in [0.15, 0.2) is 12.1 Å². The molecule has 1 aromatic heterocycles. The Kier molecular flexibility index (Phi) is 3.31. The molecule has 1 heterocycles. The molecule has 92 valence electrons. The Hall–Kier alpha value is -1.19. The van der Waals surface area contributed by atoms with Crippen LogP contribution in [0.5, 0.6) is 5.75 Å². The maximum absolute atomic E-state index is 6.20. The molecule has 0 spiro atoms. The third-order valence-electron chi connectivity index (χ3n) is 3.17. The molecule has 17 heavy (non-hydrogen) atoms. The highest BCUT2D eigenvalue weighted by Gasteiger charge is 2.18. The molecule has 0 aliphatic heterocycles. The van der Waals surface area contributed by atoms with Gasteiger partial charge in [0.2, 0.25) is 0 Å². The first-order valence-electron chi connectivity index (χ1n) is 5.64. The molecule has 0 amide bonds. The van der Waals surface area contributed by atoms with Crippen LogP contribution in [0.3, 0.4) is 0 Å². The third-order valence-corrected chi connectivity index (χ3v) is 3.48. The number of benzene rings is 1. The zero-order valence-electron chi connectivity index (χ0n) is 10.3. The lowest BCUT2D eigenvalue weighted by atomic mass is 9.97. The Bertz CT molecular complexity index is 548. The SMILES string of the molecule is COc1ccc(Cl)c2[nH]c(C)c(C(C)CN)c12. The summed E-state index contributed by atoms with van der Waals surface area (Å²) in [5.41, 5.74) is 8.99. The molecule has 2 aromatic rings. The normalized spacial score (nSPS) is 13.0. The highest BCUT2D eigenvalue weighted by atomic mass is 35.5. The van der Waals surface area contributed by atoms with Crippen LogP contribution < -0.4 is 10.5 Å². The fraction of sp³-hybridized carbons (Fsp3) is 0.385. The molecule has 0 saturated carbocycles. The predicted octanol–water partition coefficient (Wildman–Crippen LogP) is 3.20. The van der Waals surface area contributed by atoms with Gasteiger partial charge in [0.05, 0.1) is 17.6 Å². The average molecular weight is 253 g/mol. The summed E-state index contributed by atoms with van der Waals surface area (Å²) in [6.07, 6.45) is 0. The van der Waals surface area contributed by atoms with Crippen LogP contribution in [0.2, 0.25) is 5.02 Å². The number of halogens is 1.